The van der Waals surface area contributed by atoms with Gasteiger partial charge in [0, 0.05) is 25.2 Å². The molecule has 134 valence electrons. The Morgan fingerprint density at radius 2 is 1.72 bits per heavy atom. The van der Waals surface area contributed by atoms with Gasteiger partial charge in [0.05, 0.1) is 18.9 Å². The van der Waals surface area contributed by atoms with Crippen LogP contribution in [0.3, 0.4) is 0 Å². The summed E-state index contributed by atoms with van der Waals surface area (Å²) in [6.45, 7) is 1.64. The van der Waals surface area contributed by atoms with Crippen molar-refractivity contribution in [3.63, 3.8) is 0 Å². The van der Waals surface area contributed by atoms with Gasteiger partial charge in [0.1, 0.15) is 5.75 Å². The van der Waals surface area contributed by atoms with Crippen LogP contribution in [0.1, 0.15) is 17.2 Å². The van der Waals surface area contributed by atoms with Crippen LogP contribution in [-0.4, -0.2) is 51.4 Å². The predicted octanol–water partition coefficient (Wildman–Crippen LogP) is 2.51. The quantitative estimate of drug-likeness (QED) is 0.822. The first-order chi connectivity index (χ1) is 12.0. The van der Waals surface area contributed by atoms with Gasteiger partial charge in [-0.15, -0.1) is 0 Å². The molecule has 25 heavy (non-hydrogen) atoms. The van der Waals surface area contributed by atoms with Crippen molar-refractivity contribution in [2.24, 2.45) is 0 Å². The van der Waals surface area contributed by atoms with Crippen LogP contribution in [0.25, 0.3) is 0 Å². The van der Waals surface area contributed by atoms with Gasteiger partial charge in [-0.3, -0.25) is 4.90 Å². The largest absolute Gasteiger partial charge is 0.496 e. The normalized spacial score (nSPS) is 19.7. The first-order valence-corrected chi connectivity index (χ1v) is 9.97. The number of rotatable bonds is 5. The van der Waals surface area contributed by atoms with Crippen molar-refractivity contribution in [3.8, 4) is 5.75 Å². The van der Waals surface area contributed by atoms with Crippen molar-refractivity contribution in [2.45, 2.75) is 11.8 Å². The highest BCUT2D eigenvalue weighted by Gasteiger charge is 2.33. The average molecular weight is 360 g/mol. The SMILES string of the molecule is COc1ccccc1C1CN(S(=O)(=O)Cc2ccccc2)CCN1C. The van der Waals surface area contributed by atoms with Gasteiger partial charge < -0.3 is 4.74 Å². The number of sulfonamides is 1. The highest BCUT2D eigenvalue weighted by Crippen LogP contribution is 2.32. The zero-order valence-corrected chi connectivity index (χ0v) is 15.4. The van der Waals surface area contributed by atoms with Crippen LogP contribution in [0.5, 0.6) is 5.75 Å². The lowest BCUT2D eigenvalue weighted by atomic mass is 10.0. The molecule has 0 saturated carbocycles. The molecule has 5 nitrogen and oxygen atoms in total. The fourth-order valence-corrected chi connectivity index (χ4v) is 4.78. The van der Waals surface area contributed by atoms with Gasteiger partial charge in [-0.05, 0) is 18.7 Å². The third-order valence-corrected chi connectivity index (χ3v) is 6.51. The summed E-state index contributed by atoms with van der Waals surface area (Å²) in [4.78, 5) is 2.19. The maximum absolute atomic E-state index is 12.9. The Kier molecular flexibility index (Phi) is 5.42. The number of benzene rings is 2. The summed E-state index contributed by atoms with van der Waals surface area (Å²) in [5.74, 6) is 0.831. The topological polar surface area (TPSA) is 49.9 Å². The Labute approximate surface area is 149 Å². The molecule has 1 fully saturated rings. The minimum Gasteiger partial charge on any atom is -0.496 e. The summed E-state index contributed by atoms with van der Waals surface area (Å²) >= 11 is 0. The van der Waals surface area contributed by atoms with E-state index in [0.717, 1.165) is 16.9 Å². The highest BCUT2D eigenvalue weighted by atomic mass is 32.2. The van der Waals surface area contributed by atoms with Gasteiger partial charge in [-0.2, -0.15) is 4.31 Å². The molecule has 1 heterocycles. The maximum Gasteiger partial charge on any atom is 0.218 e. The number of methoxy groups -OCH3 is 1. The van der Waals surface area contributed by atoms with Gasteiger partial charge in [0.15, 0.2) is 0 Å². The lowest BCUT2D eigenvalue weighted by molar-refractivity contribution is 0.145. The van der Waals surface area contributed by atoms with Gasteiger partial charge in [0.25, 0.3) is 0 Å². The van der Waals surface area contributed by atoms with E-state index in [2.05, 4.69) is 4.90 Å². The average Bonchev–Trinajstić information content (AvgIpc) is 2.62. The molecule has 2 aromatic rings. The Morgan fingerprint density at radius 1 is 1.04 bits per heavy atom. The van der Waals surface area contributed by atoms with Gasteiger partial charge in [0.2, 0.25) is 10.0 Å². The number of para-hydroxylation sites is 1. The van der Waals surface area contributed by atoms with Crippen LogP contribution in [-0.2, 0) is 15.8 Å². The lowest BCUT2D eigenvalue weighted by Crippen LogP contribution is -2.49. The molecule has 2 aromatic carbocycles. The first kappa shape index (κ1) is 17.9. The van der Waals surface area contributed by atoms with Crippen LogP contribution < -0.4 is 4.74 Å². The number of piperazine rings is 1. The molecule has 0 spiro atoms. The Morgan fingerprint density at radius 3 is 2.44 bits per heavy atom. The van der Waals surface area contributed by atoms with E-state index in [1.54, 1.807) is 11.4 Å². The molecular formula is C19H24N2O3S. The van der Waals surface area contributed by atoms with Crippen LogP contribution in [0, 0.1) is 0 Å². The molecular weight excluding hydrogens is 336 g/mol. The van der Waals surface area contributed by atoms with Gasteiger partial charge in [-0.25, -0.2) is 8.42 Å². The lowest BCUT2D eigenvalue weighted by Gasteiger charge is -2.39. The van der Waals surface area contributed by atoms with Crippen molar-refractivity contribution in [3.05, 3.63) is 65.7 Å². The van der Waals surface area contributed by atoms with Crippen molar-refractivity contribution < 1.29 is 13.2 Å². The van der Waals surface area contributed by atoms with E-state index in [9.17, 15) is 8.42 Å². The minimum atomic E-state index is -3.35. The van der Waals surface area contributed by atoms with E-state index in [1.165, 1.54) is 0 Å². The second-order valence-corrected chi connectivity index (χ2v) is 8.31. The Hall–Kier alpha value is -1.89. The molecule has 3 rings (SSSR count). The Balaban J connectivity index is 1.82. The summed E-state index contributed by atoms with van der Waals surface area (Å²) in [5.41, 5.74) is 1.84. The van der Waals surface area contributed by atoms with Gasteiger partial charge >= 0.3 is 0 Å². The monoisotopic (exact) mass is 360 g/mol. The standard InChI is InChI=1S/C19H24N2O3S/c1-20-12-13-21(25(22,23)15-16-8-4-3-5-9-16)14-18(20)17-10-6-7-11-19(17)24-2/h3-11,18H,12-15H2,1-2H3. The summed E-state index contributed by atoms with van der Waals surface area (Å²) in [6.07, 6.45) is 0. The molecule has 0 radical (unpaired) electrons. The predicted molar refractivity (Wildman–Crippen MR) is 99.0 cm³/mol. The van der Waals surface area contributed by atoms with Crippen LogP contribution in [0.2, 0.25) is 0 Å². The highest BCUT2D eigenvalue weighted by molar-refractivity contribution is 7.88. The molecule has 6 heteroatoms. The van der Waals surface area contributed by atoms with E-state index >= 15 is 0 Å². The van der Waals surface area contributed by atoms with Crippen LogP contribution in [0.4, 0.5) is 0 Å². The van der Waals surface area contributed by atoms with Gasteiger partial charge in [-0.1, -0.05) is 48.5 Å². The fraction of sp³-hybridized carbons (Fsp3) is 0.368. The van der Waals surface area contributed by atoms with E-state index in [0.29, 0.717) is 19.6 Å². The minimum absolute atomic E-state index is 0.0181. The molecule has 0 bridgehead atoms. The first-order valence-electron chi connectivity index (χ1n) is 8.36. The van der Waals surface area contributed by atoms with E-state index in [4.69, 9.17) is 4.74 Å². The molecule has 1 aliphatic rings. The number of likely N-dealkylation sites (N-methyl/N-ethyl adjacent to an activating group) is 1. The summed E-state index contributed by atoms with van der Waals surface area (Å²) in [5, 5.41) is 0. The third-order valence-electron chi connectivity index (χ3n) is 4.69. The third kappa shape index (κ3) is 4.03. The molecule has 0 amide bonds. The second-order valence-electron chi connectivity index (χ2n) is 6.34. The smallest absolute Gasteiger partial charge is 0.218 e. The van der Waals surface area contributed by atoms with E-state index in [1.807, 2.05) is 61.6 Å². The van der Waals surface area contributed by atoms with E-state index < -0.39 is 10.0 Å². The Bertz CT molecular complexity index is 808. The summed E-state index contributed by atoms with van der Waals surface area (Å²) < 4.78 is 32.8. The van der Waals surface area contributed by atoms with Crippen molar-refractivity contribution in [2.75, 3.05) is 33.8 Å². The van der Waals surface area contributed by atoms with Crippen molar-refractivity contribution in [1.29, 1.82) is 0 Å². The number of hydrogen-bond acceptors (Lipinski definition) is 4. The number of ether oxygens (including phenoxy) is 1. The zero-order valence-electron chi connectivity index (χ0n) is 14.6. The van der Waals surface area contributed by atoms with Crippen molar-refractivity contribution in [1.82, 2.24) is 9.21 Å². The zero-order chi connectivity index (χ0) is 17.9. The number of nitrogens with zero attached hydrogens (tertiary/aromatic N) is 2. The molecule has 1 aliphatic heterocycles. The van der Waals surface area contributed by atoms with Crippen LogP contribution in [0.15, 0.2) is 54.6 Å². The fourth-order valence-electron chi connectivity index (χ4n) is 3.25. The molecule has 1 saturated heterocycles. The molecule has 1 atom stereocenters. The van der Waals surface area contributed by atoms with E-state index in [-0.39, 0.29) is 11.8 Å². The molecule has 0 aliphatic carbocycles. The molecule has 1 unspecified atom stereocenters. The second kappa shape index (κ2) is 7.56. The van der Waals surface area contributed by atoms with Crippen molar-refractivity contribution >= 4 is 10.0 Å². The molecule has 0 N–H and O–H groups in total. The number of hydrogen-bond donors (Lipinski definition) is 0. The summed E-state index contributed by atoms with van der Waals surface area (Å²) in [6, 6.07) is 17.1. The molecule has 0 aromatic heterocycles. The maximum atomic E-state index is 12.9. The van der Waals surface area contributed by atoms with Crippen LogP contribution >= 0.6 is 0 Å². The summed E-state index contributed by atoms with van der Waals surface area (Å²) in [7, 11) is 0.316.